The summed E-state index contributed by atoms with van der Waals surface area (Å²) in [5.41, 5.74) is 2.11. The third kappa shape index (κ3) is 1.74. The van der Waals surface area contributed by atoms with Crippen molar-refractivity contribution in [3.05, 3.63) is 52.4 Å². The molecular weight excluding hydrogens is 270 g/mol. The largest absolute Gasteiger partial charge is 0.506 e. The number of amides is 1. The molecule has 18 heavy (non-hydrogen) atoms. The van der Waals surface area contributed by atoms with Gasteiger partial charge in [-0.25, -0.2) is 4.79 Å². The average Bonchev–Trinajstić information content (AvgIpc) is 2.66. The third-order valence-corrected chi connectivity index (χ3v) is 3.92. The molecule has 3 rings (SSSR count). The first-order valence-corrected chi connectivity index (χ1v) is 6.44. The molecule has 0 bridgehead atoms. The second kappa shape index (κ2) is 4.23. The molecule has 0 unspecified atom stereocenters. The Balaban J connectivity index is 2.18. The molecule has 0 saturated heterocycles. The quantitative estimate of drug-likeness (QED) is 0.712. The van der Waals surface area contributed by atoms with Crippen LogP contribution in [0.4, 0.5) is 10.5 Å². The fraction of sp³-hybridized carbons (Fsp3) is 0. The fourth-order valence-electron chi connectivity index (χ4n) is 1.86. The van der Waals surface area contributed by atoms with E-state index in [2.05, 4.69) is 0 Å². The van der Waals surface area contributed by atoms with Crippen LogP contribution in [0.2, 0.25) is 5.02 Å². The Labute approximate surface area is 112 Å². The van der Waals surface area contributed by atoms with Crippen molar-refractivity contribution >= 4 is 34.3 Å². The van der Waals surface area contributed by atoms with E-state index in [4.69, 9.17) is 11.6 Å². The zero-order chi connectivity index (χ0) is 12.7. The highest BCUT2D eigenvalue weighted by molar-refractivity contribution is 8.13. The Kier molecular flexibility index (Phi) is 2.69. The van der Waals surface area contributed by atoms with Crippen molar-refractivity contribution in [2.75, 3.05) is 0 Å². The molecule has 0 N–H and O–H groups in total. The number of hydrogen-bond acceptors (Lipinski definition) is 3. The molecule has 1 aliphatic heterocycles. The topological polar surface area (TPSA) is 37.1 Å². The van der Waals surface area contributed by atoms with Crippen LogP contribution in [0.3, 0.4) is 0 Å². The van der Waals surface area contributed by atoms with Crippen LogP contribution in [0.1, 0.15) is 0 Å². The highest BCUT2D eigenvalue weighted by Crippen LogP contribution is 2.43. The second-order valence-electron chi connectivity index (χ2n) is 3.83. The van der Waals surface area contributed by atoms with Crippen molar-refractivity contribution in [2.45, 2.75) is 4.90 Å². The van der Waals surface area contributed by atoms with E-state index in [1.54, 1.807) is 12.1 Å². The predicted octanol–water partition coefficient (Wildman–Crippen LogP) is 4.64. The van der Waals surface area contributed by atoms with Gasteiger partial charge in [0.15, 0.2) is 0 Å². The molecular formula is C13H7ClNO2S+. The van der Waals surface area contributed by atoms with Gasteiger partial charge in [-0.05, 0) is 11.6 Å². The van der Waals surface area contributed by atoms with Gasteiger partial charge in [0.25, 0.3) is 5.69 Å². The number of halogens is 1. The molecule has 1 amide bonds. The molecule has 2 aromatic carbocycles. The van der Waals surface area contributed by atoms with Gasteiger partial charge in [-0.2, -0.15) is 0 Å². The van der Waals surface area contributed by atoms with Gasteiger partial charge in [-0.3, -0.25) is 0 Å². The molecule has 0 aromatic heterocycles. The predicted molar refractivity (Wildman–Crippen MR) is 71.4 cm³/mol. The minimum atomic E-state index is -0.522. The summed E-state index contributed by atoms with van der Waals surface area (Å²) in [6.07, 6.45) is 0. The molecule has 0 fully saturated rings. The molecule has 5 heteroatoms. The molecule has 0 spiro atoms. The maximum absolute atomic E-state index is 11.5. The monoisotopic (exact) mass is 276 g/mol. The highest BCUT2D eigenvalue weighted by atomic mass is 35.5. The van der Waals surface area contributed by atoms with Crippen molar-refractivity contribution in [3.63, 3.8) is 0 Å². The van der Waals surface area contributed by atoms with Crippen LogP contribution in [0.15, 0.2) is 47.4 Å². The van der Waals surface area contributed by atoms with Crippen LogP contribution in [0.5, 0.6) is 0 Å². The first-order chi connectivity index (χ1) is 8.66. The molecule has 88 valence electrons. The number of thioether (sulfide) groups is 1. The number of hydrogen-bond donors (Lipinski definition) is 0. The van der Waals surface area contributed by atoms with Gasteiger partial charge in [0, 0.05) is 28.3 Å². The lowest BCUT2D eigenvalue weighted by Gasteiger charge is -2.04. The summed E-state index contributed by atoms with van der Waals surface area (Å²) in [4.78, 5) is 23.5. The molecule has 0 atom stereocenters. The Morgan fingerprint density at radius 2 is 1.83 bits per heavy atom. The second-order valence-corrected chi connectivity index (χ2v) is 5.23. The third-order valence-electron chi connectivity index (χ3n) is 2.72. The van der Waals surface area contributed by atoms with Crippen LogP contribution in [0.25, 0.3) is 11.1 Å². The molecule has 3 nitrogen and oxygen atoms in total. The lowest BCUT2D eigenvalue weighted by molar-refractivity contribution is -0.342. The summed E-state index contributed by atoms with van der Waals surface area (Å²) in [5.74, 6) is 0. The normalized spacial score (nSPS) is 13.8. The van der Waals surface area contributed by atoms with Crippen molar-refractivity contribution < 1.29 is 9.55 Å². The van der Waals surface area contributed by atoms with Crippen LogP contribution >= 0.6 is 23.4 Å². The Bertz CT molecular complexity index is 670. The Hall–Kier alpha value is -1.65. The Morgan fingerprint density at radius 3 is 2.56 bits per heavy atom. The minimum absolute atomic E-state index is 0.328. The van der Waals surface area contributed by atoms with Gasteiger partial charge in [0.05, 0.1) is 9.92 Å². The average molecular weight is 277 g/mol. The van der Waals surface area contributed by atoms with Crippen LogP contribution in [-0.4, -0.2) is 10.00 Å². The molecule has 1 heterocycles. The van der Waals surface area contributed by atoms with Gasteiger partial charge in [0.2, 0.25) is 0 Å². The van der Waals surface area contributed by atoms with E-state index in [-0.39, 0.29) is 0 Å². The number of rotatable bonds is 1. The molecule has 2 aromatic rings. The number of carbonyl (C=O) groups excluding carboxylic acids is 1. The highest BCUT2D eigenvalue weighted by Gasteiger charge is 2.40. The van der Waals surface area contributed by atoms with E-state index in [1.807, 2.05) is 30.3 Å². The zero-order valence-electron chi connectivity index (χ0n) is 9.09. The first-order valence-electron chi connectivity index (χ1n) is 5.25. The van der Waals surface area contributed by atoms with Gasteiger partial charge in [-0.15, -0.1) is 0 Å². The lowest BCUT2D eigenvalue weighted by Crippen LogP contribution is -1.98. The van der Waals surface area contributed by atoms with Crippen molar-refractivity contribution in [1.82, 2.24) is 0 Å². The van der Waals surface area contributed by atoms with E-state index >= 15 is 0 Å². The summed E-state index contributed by atoms with van der Waals surface area (Å²) in [5, 5.41) is -0.0534. The van der Waals surface area contributed by atoms with Gasteiger partial charge >= 0.3 is 5.24 Å². The summed E-state index contributed by atoms with van der Waals surface area (Å²) in [6.45, 7) is 0. The zero-order valence-corrected chi connectivity index (χ0v) is 10.7. The van der Waals surface area contributed by atoms with E-state index < -0.39 is 5.24 Å². The Morgan fingerprint density at radius 1 is 1.11 bits per heavy atom. The summed E-state index contributed by atoms with van der Waals surface area (Å²) in [7, 11) is 0. The minimum Gasteiger partial charge on any atom is -0.202 e. The standard InChI is InChI=1S/C13H7ClNO2S/c14-10-7-11-12(18-13(16)15(11)17)6-9(10)8-4-2-1-3-5-8/h1-7H/q+1. The number of benzene rings is 2. The fourth-order valence-corrected chi connectivity index (χ4v) is 2.92. The number of nitrogens with zero attached hydrogens (tertiary/aromatic N) is 1. The maximum Gasteiger partial charge on any atom is 0.506 e. The van der Waals surface area contributed by atoms with Crippen LogP contribution < -0.4 is 0 Å². The molecule has 0 aliphatic carbocycles. The van der Waals surface area contributed by atoms with Gasteiger partial charge in [-0.1, -0.05) is 41.9 Å². The maximum atomic E-state index is 11.5. The smallest absolute Gasteiger partial charge is 0.202 e. The lowest BCUT2D eigenvalue weighted by atomic mass is 10.1. The summed E-state index contributed by atoms with van der Waals surface area (Å²) < 4.78 is 0.376. The van der Waals surface area contributed by atoms with E-state index in [1.165, 1.54) is 0 Å². The van der Waals surface area contributed by atoms with Crippen molar-refractivity contribution in [3.8, 4) is 11.1 Å². The molecule has 0 saturated carbocycles. The van der Waals surface area contributed by atoms with Crippen LogP contribution in [0, 0.1) is 4.91 Å². The first kappa shape index (κ1) is 11.4. The summed E-state index contributed by atoms with van der Waals surface area (Å²) >= 11 is 7.10. The van der Waals surface area contributed by atoms with Gasteiger partial charge in [0.1, 0.15) is 4.76 Å². The molecule has 1 aliphatic rings. The molecule has 0 radical (unpaired) electrons. The SMILES string of the molecule is O=C1Sc2cc(-c3ccccc3)c(Cl)cc2[N+]1=O. The summed E-state index contributed by atoms with van der Waals surface area (Å²) in [6, 6.07) is 12.9. The van der Waals surface area contributed by atoms with E-state index in [0.29, 0.717) is 20.4 Å². The van der Waals surface area contributed by atoms with Gasteiger partial charge < -0.3 is 0 Å². The van der Waals surface area contributed by atoms with Crippen molar-refractivity contribution in [2.24, 2.45) is 0 Å². The van der Waals surface area contributed by atoms with Crippen molar-refractivity contribution in [1.29, 1.82) is 0 Å². The van der Waals surface area contributed by atoms with E-state index in [9.17, 15) is 9.70 Å². The number of carbonyl (C=O) groups is 1. The number of fused-ring (bicyclic) bond motifs is 1. The van der Waals surface area contributed by atoms with E-state index in [0.717, 1.165) is 22.9 Å². The number of nitroso groups, excluding NO2 is 1. The van der Waals surface area contributed by atoms with Crippen LogP contribution in [-0.2, 0) is 0 Å².